The van der Waals surface area contributed by atoms with Crippen molar-refractivity contribution in [3.8, 4) is 11.5 Å². The number of hydrogen-bond acceptors (Lipinski definition) is 10. The molecule has 47 heavy (non-hydrogen) atoms. The van der Waals surface area contributed by atoms with Gasteiger partial charge in [0.1, 0.15) is 23.8 Å². The van der Waals surface area contributed by atoms with Gasteiger partial charge in [0.2, 0.25) is 0 Å². The maximum absolute atomic E-state index is 14.0. The number of aliphatic hydroxyl groups excluding tert-OH is 1. The molecule has 242 valence electrons. The van der Waals surface area contributed by atoms with Crippen LogP contribution in [0.3, 0.4) is 0 Å². The fourth-order valence-electron chi connectivity index (χ4n) is 6.92. The zero-order chi connectivity index (χ0) is 33.3. The third-order valence-electron chi connectivity index (χ3n) is 9.26. The fraction of sp³-hybridized carbons (Fsp3) is 0.333. The van der Waals surface area contributed by atoms with Crippen molar-refractivity contribution >= 4 is 22.6 Å². The van der Waals surface area contributed by atoms with Crippen LogP contribution < -0.4 is 26.4 Å². The summed E-state index contributed by atoms with van der Waals surface area (Å²) in [6.07, 6.45) is 3.10. The minimum absolute atomic E-state index is 0.00755. The van der Waals surface area contributed by atoms with E-state index in [-0.39, 0.29) is 72.3 Å². The van der Waals surface area contributed by atoms with Crippen LogP contribution in [0.2, 0.25) is 0 Å². The highest BCUT2D eigenvalue weighted by atomic mass is 16.5. The zero-order valence-corrected chi connectivity index (χ0v) is 26.1. The van der Waals surface area contributed by atoms with Crippen molar-refractivity contribution in [2.75, 3.05) is 14.2 Å². The highest BCUT2D eigenvalue weighted by Gasteiger charge is 2.46. The van der Waals surface area contributed by atoms with E-state index in [2.05, 4.69) is 4.98 Å². The maximum atomic E-state index is 14.0. The van der Waals surface area contributed by atoms with Crippen LogP contribution in [0.25, 0.3) is 11.0 Å². The molecule has 0 fully saturated rings. The average molecular weight is 642 g/mol. The second kappa shape index (κ2) is 11.1. The highest BCUT2D eigenvalue weighted by Crippen LogP contribution is 2.50. The number of ketones is 2. The van der Waals surface area contributed by atoms with Gasteiger partial charge in [-0.3, -0.25) is 14.4 Å². The van der Waals surface area contributed by atoms with E-state index >= 15 is 0 Å². The van der Waals surface area contributed by atoms with Crippen LogP contribution in [0.15, 0.2) is 77.5 Å². The van der Waals surface area contributed by atoms with Crippen molar-refractivity contribution in [1.29, 1.82) is 0 Å². The van der Waals surface area contributed by atoms with Crippen molar-refractivity contribution in [3.63, 3.8) is 0 Å². The molecule has 2 atom stereocenters. The number of benzene rings is 1. The van der Waals surface area contributed by atoms with Gasteiger partial charge >= 0.3 is 11.4 Å². The Hall–Kier alpha value is -5.50. The second-order valence-corrected chi connectivity index (χ2v) is 11.7. The number of rotatable bonds is 7. The highest BCUT2D eigenvalue weighted by molar-refractivity contribution is 6.23. The number of aryl methyl sites for hydroxylation is 2. The molecule has 0 amide bonds. The van der Waals surface area contributed by atoms with Gasteiger partial charge in [0.15, 0.2) is 23.1 Å². The molecule has 0 radical (unpaired) electrons. The molecule has 0 saturated heterocycles. The lowest BCUT2D eigenvalue weighted by molar-refractivity contribution is -0.116. The summed E-state index contributed by atoms with van der Waals surface area (Å²) < 4.78 is 21.7. The minimum atomic E-state index is -0.788. The van der Waals surface area contributed by atoms with E-state index in [1.165, 1.54) is 34.2 Å². The first-order valence-electron chi connectivity index (χ1n) is 15.0. The Balaban J connectivity index is 1.28. The lowest BCUT2D eigenvalue weighted by Crippen LogP contribution is -2.40. The quantitative estimate of drug-likeness (QED) is 0.230. The molecule has 7 rings (SSSR count). The number of fused-ring (bicyclic) bond motifs is 4. The lowest BCUT2D eigenvalue weighted by atomic mass is 9.69. The Labute approximate surface area is 266 Å². The molecule has 4 heterocycles. The van der Waals surface area contributed by atoms with E-state index in [4.69, 9.17) is 13.9 Å². The van der Waals surface area contributed by atoms with Gasteiger partial charge in [-0.15, -0.1) is 0 Å². The van der Waals surface area contributed by atoms with Crippen LogP contribution in [0.1, 0.15) is 42.5 Å². The lowest BCUT2D eigenvalue weighted by Gasteiger charge is -2.38. The van der Waals surface area contributed by atoms with E-state index in [0.29, 0.717) is 39.4 Å². The Morgan fingerprint density at radius 3 is 2.49 bits per heavy atom. The number of aromatic nitrogens is 5. The number of allylic oxidation sites excluding steroid dienone is 6. The standard InChI is InChI=1S/C33H31N5O9/c1-16-11-24(40)19-12-22-18(28(29(19)30(16)41)25-6-5-17(15-39)47-25)7-10-37-32(43)36(33(44)38(22)37)9-8-20-31(42)35(2)23-14-27(46-4)26(45-3)13-21(23)34-20/h5-7,11,13-14,22,28,39H,8-10,12,15H2,1-4H3. The summed E-state index contributed by atoms with van der Waals surface area (Å²) in [5.74, 6) is 0.0935. The number of aliphatic hydroxyl groups is 1. The van der Waals surface area contributed by atoms with Gasteiger partial charge < -0.3 is 23.6 Å². The van der Waals surface area contributed by atoms with Gasteiger partial charge in [0.25, 0.3) is 5.56 Å². The van der Waals surface area contributed by atoms with E-state index < -0.39 is 23.3 Å². The molecule has 0 bridgehead atoms. The molecule has 1 N–H and O–H groups in total. The Morgan fingerprint density at radius 1 is 1.04 bits per heavy atom. The molecule has 1 aromatic carbocycles. The molecule has 1 aliphatic heterocycles. The Kier molecular flexibility index (Phi) is 7.12. The second-order valence-electron chi connectivity index (χ2n) is 11.7. The van der Waals surface area contributed by atoms with Gasteiger partial charge in [-0.25, -0.2) is 28.5 Å². The van der Waals surface area contributed by atoms with Crippen LogP contribution in [0.4, 0.5) is 0 Å². The van der Waals surface area contributed by atoms with Crippen LogP contribution in [-0.2, 0) is 42.8 Å². The number of carbonyl (C=O) groups excluding carboxylic acids is 2. The molecule has 14 heteroatoms. The molecule has 14 nitrogen and oxygen atoms in total. The molecular formula is C33H31N5O9. The predicted molar refractivity (Wildman–Crippen MR) is 167 cm³/mol. The minimum Gasteiger partial charge on any atom is -0.493 e. The van der Waals surface area contributed by atoms with Crippen molar-refractivity contribution in [2.24, 2.45) is 7.05 Å². The van der Waals surface area contributed by atoms with Crippen LogP contribution in [0, 0.1) is 0 Å². The van der Waals surface area contributed by atoms with Gasteiger partial charge in [-0.2, -0.15) is 0 Å². The van der Waals surface area contributed by atoms with Crippen LogP contribution in [-0.4, -0.2) is 54.4 Å². The number of carbonyl (C=O) groups is 2. The average Bonchev–Trinajstić information content (AvgIpc) is 3.65. The molecule has 2 aliphatic carbocycles. The smallest absolute Gasteiger partial charge is 0.347 e. The molecular weight excluding hydrogens is 610 g/mol. The van der Waals surface area contributed by atoms with Gasteiger partial charge in [0, 0.05) is 55.3 Å². The normalized spacial score (nSPS) is 18.9. The summed E-state index contributed by atoms with van der Waals surface area (Å²) in [6, 6.07) is 5.80. The van der Waals surface area contributed by atoms with E-state index in [1.54, 1.807) is 44.3 Å². The summed E-state index contributed by atoms with van der Waals surface area (Å²) >= 11 is 0. The van der Waals surface area contributed by atoms with E-state index in [1.807, 2.05) is 0 Å². The van der Waals surface area contributed by atoms with Crippen LogP contribution in [0.5, 0.6) is 11.5 Å². The summed E-state index contributed by atoms with van der Waals surface area (Å²) in [4.78, 5) is 72.2. The van der Waals surface area contributed by atoms with Crippen LogP contribution >= 0.6 is 0 Å². The molecule has 0 spiro atoms. The van der Waals surface area contributed by atoms with Gasteiger partial charge in [-0.05, 0) is 30.7 Å². The molecule has 3 aliphatic rings. The molecule has 4 aromatic rings. The maximum Gasteiger partial charge on any atom is 0.347 e. The van der Waals surface area contributed by atoms with Gasteiger partial charge in [-0.1, -0.05) is 6.08 Å². The van der Waals surface area contributed by atoms with Crippen molar-refractivity contribution in [3.05, 3.63) is 107 Å². The predicted octanol–water partition coefficient (Wildman–Crippen LogP) is 1.47. The number of furan rings is 1. The fourth-order valence-corrected chi connectivity index (χ4v) is 6.92. The molecule has 3 aromatic heterocycles. The van der Waals surface area contributed by atoms with Crippen molar-refractivity contribution < 1.29 is 28.6 Å². The Bertz CT molecular complexity index is 2310. The first-order valence-corrected chi connectivity index (χ1v) is 15.0. The number of ether oxygens (including phenoxy) is 2. The van der Waals surface area contributed by atoms with Crippen molar-refractivity contribution in [1.82, 2.24) is 23.5 Å². The first kappa shape index (κ1) is 30.2. The summed E-state index contributed by atoms with van der Waals surface area (Å²) in [6.45, 7) is 1.14. The largest absolute Gasteiger partial charge is 0.493 e. The van der Waals surface area contributed by atoms with E-state index in [9.17, 15) is 29.1 Å². The first-order chi connectivity index (χ1) is 22.6. The van der Waals surface area contributed by atoms with Crippen molar-refractivity contribution in [2.45, 2.75) is 51.4 Å². The number of hydrogen-bond donors (Lipinski definition) is 1. The molecule has 0 saturated carbocycles. The monoisotopic (exact) mass is 641 g/mol. The Morgan fingerprint density at radius 2 is 1.79 bits per heavy atom. The summed E-state index contributed by atoms with van der Waals surface area (Å²) in [7, 11) is 4.59. The third-order valence-corrected chi connectivity index (χ3v) is 9.26. The zero-order valence-electron chi connectivity index (χ0n) is 26.1. The number of Topliss-reactive ketones (excluding diaryl/α,β-unsaturated/α-hetero) is 1. The van der Waals surface area contributed by atoms with E-state index in [0.717, 1.165) is 4.57 Å². The summed E-state index contributed by atoms with van der Waals surface area (Å²) in [5, 5.41) is 9.64. The summed E-state index contributed by atoms with van der Waals surface area (Å²) in [5.41, 5.74) is 1.07. The number of methoxy groups -OCH3 is 2. The van der Waals surface area contributed by atoms with Gasteiger partial charge in [0.05, 0.1) is 43.8 Å². The topological polar surface area (TPSA) is 170 Å². The molecule has 2 unspecified atom stereocenters. The number of nitrogens with zero attached hydrogens (tertiary/aromatic N) is 5. The SMILES string of the molecule is COc1cc2nc(CCn3c(=O)n4n(c3=O)C3CC5=C(C(=O)C(C)=CC5=O)C(c5ccc(CO)o5)C3=CC4)c(=O)n(C)c2cc1OC. The third kappa shape index (κ3) is 4.50.